The minimum Gasteiger partial charge on any atom is -0.507 e. The van der Waals surface area contributed by atoms with Gasteiger partial charge < -0.3 is 19.8 Å². The van der Waals surface area contributed by atoms with Crippen LogP contribution in [-0.2, 0) is 0 Å². The molecule has 1 atom stereocenters. The van der Waals surface area contributed by atoms with E-state index >= 15 is 0 Å². The Bertz CT molecular complexity index is 640. The lowest BCUT2D eigenvalue weighted by atomic mass is 10.1. The summed E-state index contributed by atoms with van der Waals surface area (Å²) in [7, 11) is 0. The molecule has 1 aliphatic heterocycles. The molecule has 2 N–H and O–H groups in total. The molecule has 21 heavy (non-hydrogen) atoms. The number of rotatable bonds is 2. The quantitative estimate of drug-likeness (QED) is 0.888. The number of anilines is 2. The Labute approximate surface area is 124 Å². The van der Waals surface area contributed by atoms with Gasteiger partial charge in [0.2, 0.25) is 0 Å². The topological polar surface area (TPSA) is 52.9 Å². The molecule has 1 aliphatic rings. The molecule has 2 aromatic rings. The summed E-state index contributed by atoms with van der Waals surface area (Å²) in [6.07, 6.45) is 0.229. The fraction of sp³-hybridized carbons (Fsp3) is 0.294. The molecule has 0 fully saturated rings. The fourth-order valence-electron chi connectivity index (χ4n) is 2.65. The van der Waals surface area contributed by atoms with Crippen molar-refractivity contribution in [2.75, 3.05) is 18.1 Å². The average Bonchev–Trinajstić information content (AvgIpc) is 2.69. The summed E-state index contributed by atoms with van der Waals surface area (Å²) in [6.45, 7) is 3.15. The number of fused-ring (bicyclic) bond motifs is 1. The number of aliphatic hydroxyl groups is 1. The lowest BCUT2D eigenvalue weighted by molar-refractivity contribution is 0.195. The van der Waals surface area contributed by atoms with E-state index in [0.29, 0.717) is 12.2 Å². The van der Waals surface area contributed by atoms with Crippen LogP contribution in [-0.4, -0.2) is 23.4 Å². The lowest BCUT2D eigenvalue weighted by Gasteiger charge is -2.24. The minimum atomic E-state index is -0.682. The molecule has 1 unspecified atom stereocenters. The number of phenols is 1. The number of hydrogen-bond donors (Lipinski definition) is 2. The standard InChI is InChI=1S/C17H19NO3/c1-12(19)14-8-7-13(11-16(14)20)18-9-4-10-21-17-6-3-2-5-15(17)18/h2-3,5-8,11-12,19-20H,4,9-10H2,1H3. The number of hydrogen-bond acceptors (Lipinski definition) is 4. The van der Waals surface area contributed by atoms with Crippen molar-refractivity contribution in [3.8, 4) is 11.5 Å². The molecule has 2 aromatic carbocycles. The Morgan fingerprint density at radius 1 is 1.19 bits per heavy atom. The van der Waals surface area contributed by atoms with Crippen LogP contribution in [0.25, 0.3) is 0 Å². The van der Waals surface area contributed by atoms with Crippen molar-refractivity contribution in [2.45, 2.75) is 19.4 Å². The Kier molecular flexibility index (Phi) is 3.71. The predicted molar refractivity (Wildman–Crippen MR) is 82.3 cm³/mol. The molecule has 0 saturated heterocycles. The molecule has 0 saturated carbocycles. The molecule has 0 aromatic heterocycles. The Balaban J connectivity index is 2.02. The summed E-state index contributed by atoms with van der Waals surface area (Å²) in [4.78, 5) is 2.13. The van der Waals surface area contributed by atoms with Gasteiger partial charge in [-0.2, -0.15) is 0 Å². The van der Waals surface area contributed by atoms with E-state index in [0.717, 1.165) is 30.1 Å². The molecular weight excluding hydrogens is 266 g/mol. The van der Waals surface area contributed by atoms with Gasteiger partial charge in [0.1, 0.15) is 11.5 Å². The molecule has 0 spiro atoms. The fourth-order valence-corrected chi connectivity index (χ4v) is 2.65. The van der Waals surface area contributed by atoms with E-state index < -0.39 is 6.10 Å². The Morgan fingerprint density at radius 2 is 2.00 bits per heavy atom. The second kappa shape index (κ2) is 5.66. The second-order valence-electron chi connectivity index (χ2n) is 5.24. The van der Waals surface area contributed by atoms with Gasteiger partial charge in [0.25, 0.3) is 0 Å². The summed E-state index contributed by atoms with van der Waals surface area (Å²) < 4.78 is 5.75. The van der Waals surface area contributed by atoms with Crippen molar-refractivity contribution in [3.05, 3.63) is 48.0 Å². The molecule has 1 heterocycles. The van der Waals surface area contributed by atoms with Gasteiger partial charge in [-0.1, -0.05) is 18.2 Å². The van der Waals surface area contributed by atoms with Crippen molar-refractivity contribution < 1.29 is 14.9 Å². The monoisotopic (exact) mass is 285 g/mol. The van der Waals surface area contributed by atoms with Crippen molar-refractivity contribution in [1.82, 2.24) is 0 Å². The number of para-hydroxylation sites is 2. The molecule has 0 radical (unpaired) electrons. The highest BCUT2D eigenvalue weighted by Crippen LogP contribution is 2.38. The molecule has 3 rings (SSSR count). The van der Waals surface area contributed by atoms with E-state index in [1.165, 1.54) is 0 Å². The molecular formula is C17H19NO3. The Morgan fingerprint density at radius 3 is 2.76 bits per heavy atom. The predicted octanol–water partition coefficient (Wildman–Crippen LogP) is 3.37. The van der Waals surface area contributed by atoms with Gasteiger partial charge >= 0.3 is 0 Å². The first-order valence-corrected chi connectivity index (χ1v) is 7.17. The first kappa shape index (κ1) is 13.8. The number of aliphatic hydroxyl groups excluding tert-OH is 1. The van der Waals surface area contributed by atoms with Crippen LogP contribution in [0.4, 0.5) is 11.4 Å². The van der Waals surface area contributed by atoms with Gasteiger partial charge in [0.05, 0.1) is 18.4 Å². The highest BCUT2D eigenvalue weighted by Gasteiger charge is 2.18. The average molecular weight is 285 g/mol. The Hall–Kier alpha value is -2.20. The van der Waals surface area contributed by atoms with Gasteiger partial charge in [-0.25, -0.2) is 0 Å². The van der Waals surface area contributed by atoms with Crippen LogP contribution in [0.3, 0.4) is 0 Å². The molecule has 4 heteroatoms. The van der Waals surface area contributed by atoms with Crippen molar-refractivity contribution >= 4 is 11.4 Å². The lowest BCUT2D eigenvalue weighted by Crippen LogP contribution is -2.17. The third-order valence-corrected chi connectivity index (χ3v) is 3.72. The smallest absolute Gasteiger partial charge is 0.142 e. The van der Waals surface area contributed by atoms with E-state index in [1.54, 1.807) is 19.1 Å². The molecule has 4 nitrogen and oxygen atoms in total. The molecule has 0 bridgehead atoms. The van der Waals surface area contributed by atoms with Crippen molar-refractivity contribution in [1.29, 1.82) is 0 Å². The van der Waals surface area contributed by atoms with Gasteiger partial charge in [-0.15, -0.1) is 0 Å². The minimum absolute atomic E-state index is 0.116. The first-order chi connectivity index (χ1) is 10.2. The highest BCUT2D eigenvalue weighted by atomic mass is 16.5. The zero-order valence-corrected chi connectivity index (χ0v) is 12.0. The third-order valence-electron chi connectivity index (χ3n) is 3.72. The van der Waals surface area contributed by atoms with Crippen LogP contribution in [0.5, 0.6) is 11.5 Å². The van der Waals surface area contributed by atoms with E-state index in [4.69, 9.17) is 4.74 Å². The maximum Gasteiger partial charge on any atom is 0.142 e. The number of benzene rings is 2. The summed E-state index contributed by atoms with van der Waals surface area (Å²) in [6, 6.07) is 13.3. The molecule has 0 aliphatic carbocycles. The van der Waals surface area contributed by atoms with Crippen LogP contribution in [0.15, 0.2) is 42.5 Å². The zero-order chi connectivity index (χ0) is 14.8. The van der Waals surface area contributed by atoms with E-state index in [-0.39, 0.29) is 5.75 Å². The third kappa shape index (κ3) is 2.67. The van der Waals surface area contributed by atoms with Gasteiger partial charge in [-0.05, 0) is 31.5 Å². The SMILES string of the molecule is CC(O)c1ccc(N2CCCOc3ccccc32)cc1O. The van der Waals surface area contributed by atoms with Crippen LogP contribution in [0.1, 0.15) is 25.0 Å². The normalized spacial score (nSPS) is 15.8. The van der Waals surface area contributed by atoms with Crippen molar-refractivity contribution in [3.63, 3.8) is 0 Å². The number of phenolic OH excluding ortho intramolecular Hbond substituents is 1. The van der Waals surface area contributed by atoms with Gasteiger partial charge in [-0.3, -0.25) is 0 Å². The summed E-state index contributed by atoms with van der Waals surface area (Å²) in [5, 5.41) is 19.7. The summed E-state index contributed by atoms with van der Waals surface area (Å²) in [5.41, 5.74) is 2.44. The maximum atomic E-state index is 10.1. The van der Waals surface area contributed by atoms with E-state index in [2.05, 4.69) is 4.90 Å². The van der Waals surface area contributed by atoms with Gasteiger partial charge in [0, 0.05) is 23.9 Å². The van der Waals surface area contributed by atoms with Crippen LogP contribution >= 0.6 is 0 Å². The first-order valence-electron chi connectivity index (χ1n) is 7.17. The zero-order valence-electron chi connectivity index (χ0n) is 12.0. The summed E-state index contributed by atoms with van der Waals surface area (Å²) in [5.74, 6) is 0.972. The van der Waals surface area contributed by atoms with Crippen molar-refractivity contribution in [2.24, 2.45) is 0 Å². The van der Waals surface area contributed by atoms with E-state index in [1.807, 2.05) is 30.3 Å². The second-order valence-corrected chi connectivity index (χ2v) is 5.24. The number of ether oxygens (including phenoxy) is 1. The summed E-state index contributed by atoms with van der Waals surface area (Å²) >= 11 is 0. The highest BCUT2D eigenvalue weighted by molar-refractivity contribution is 5.71. The van der Waals surface area contributed by atoms with Gasteiger partial charge in [0.15, 0.2) is 0 Å². The molecule has 0 amide bonds. The largest absolute Gasteiger partial charge is 0.507 e. The van der Waals surface area contributed by atoms with Crippen LogP contribution in [0, 0.1) is 0 Å². The van der Waals surface area contributed by atoms with Crippen LogP contribution < -0.4 is 9.64 Å². The molecule has 110 valence electrons. The van der Waals surface area contributed by atoms with E-state index in [9.17, 15) is 10.2 Å². The van der Waals surface area contributed by atoms with Crippen LogP contribution in [0.2, 0.25) is 0 Å². The maximum absolute atomic E-state index is 10.1. The number of nitrogens with zero attached hydrogens (tertiary/aromatic N) is 1. The number of aromatic hydroxyl groups is 1.